The van der Waals surface area contributed by atoms with Crippen LogP contribution in [0, 0.1) is 0 Å². The first kappa shape index (κ1) is 15.4. The van der Waals surface area contributed by atoms with Crippen LogP contribution < -0.4 is 10.6 Å². The van der Waals surface area contributed by atoms with Crippen LogP contribution in [0.3, 0.4) is 0 Å². The van der Waals surface area contributed by atoms with Gasteiger partial charge in [-0.15, -0.1) is 0 Å². The summed E-state index contributed by atoms with van der Waals surface area (Å²) in [4.78, 5) is 12.0. The van der Waals surface area contributed by atoms with Gasteiger partial charge in [0.15, 0.2) is 0 Å². The van der Waals surface area contributed by atoms with Crippen molar-refractivity contribution in [2.75, 3.05) is 6.54 Å². The predicted octanol–water partition coefficient (Wildman–Crippen LogP) is 3.01. The molecule has 0 spiro atoms. The Balaban J connectivity index is 1.24. The summed E-state index contributed by atoms with van der Waals surface area (Å²) in [5.41, 5.74) is 4.81. The van der Waals surface area contributed by atoms with Gasteiger partial charge in [0.05, 0.1) is 5.69 Å². The fraction of sp³-hybridized carbons (Fsp3) is 0.200. The fourth-order valence-corrected chi connectivity index (χ4v) is 3.19. The normalized spacial score (nSPS) is 15.1. The van der Waals surface area contributed by atoms with Crippen LogP contribution in [0.15, 0.2) is 67.0 Å². The summed E-state index contributed by atoms with van der Waals surface area (Å²) in [7, 11) is 0. The van der Waals surface area contributed by atoms with Crippen LogP contribution in [0.1, 0.15) is 22.6 Å². The number of nitrogens with one attached hydrogen (secondary N) is 2. The van der Waals surface area contributed by atoms with E-state index >= 15 is 0 Å². The van der Waals surface area contributed by atoms with Crippen molar-refractivity contribution in [1.82, 2.24) is 20.4 Å². The molecule has 0 unspecified atom stereocenters. The molecule has 0 radical (unpaired) electrons. The molecule has 2 N–H and O–H groups in total. The molecule has 0 fully saturated rings. The Morgan fingerprint density at radius 1 is 1.08 bits per heavy atom. The van der Waals surface area contributed by atoms with Gasteiger partial charge in [-0.3, -0.25) is 0 Å². The van der Waals surface area contributed by atoms with E-state index in [-0.39, 0.29) is 6.03 Å². The monoisotopic (exact) mass is 332 g/mol. The number of carbonyl (C=O) groups excluding carboxylic acids is 1. The van der Waals surface area contributed by atoms with Gasteiger partial charge < -0.3 is 10.6 Å². The molecule has 1 aliphatic carbocycles. The van der Waals surface area contributed by atoms with E-state index in [9.17, 15) is 4.79 Å². The number of urea groups is 1. The van der Waals surface area contributed by atoms with Gasteiger partial charge in [0.1, 0.15) is 0 Å². The molecule has 4 rings (SSSR count). The molecule has 0 saturated heterocycles. The topological polar surface area (TPSA) is 59.0 Å². The Kier molecular flexibility index (Phi) is 4.21. The summed E-state index contributed by atoms with van der Waals surface area (Å²) in [6, 6.07) is 18.2. The van der Waals surface area contributed by atoms with Crippen molar-refractivity contribution < 1.29 is 4.79 Å². The van der Waals surface area contributed by atoms with Gasteiger partial charge in [0.2, 0.25) is 0 Å². The molecule has 1 aromatic heterocycles. The van der Waals surface area contributed by atoms with Gasteiger partial charge in [-0.2, -0.15) is 5.10 Å². The molecule has 25 heavy (non-hydrogen) atoms. The standard InChI is InChI=1S/C20H20N4O/c25-20(22-14-17-12-16-4-1-2-5-19(16)17)21-13-15-6-8-18(9-7-15)24-11-3-10-23-24/h1-11,17H,12-14H2,(H2,21,22,25)/t17-/m1/s1. The lowest BCUT2D eigenvalue weighted by Gasteiger charge is -2.30. The summed E-state index contributed by atoms with van der Waals surface area (Å²) in [5.74, 6) is 0.440. The number of benzene rings is 2. The smallest absolute Gasteiger partial charge is 0.315 e. The van der Waals surface area contributed by atoms with E-state index in [4.69, 9.17) is 0 Å². The Morgan fingerprint density at radius 2 is 1.92 bits per heavy atom. The summed E-state index contributed by atoms with van der Waals surface area (Å²) in [6.45, 7) is 1.19. The SMILES string of the molecule is O=C(NCc1ccc(-n2cccn2)cc1)NC[C@H]1Cc2ccccc21. The number of aromatic nitrogens is 2. The summed E-state index contributed by atoms with van der Waals surface area (Å²) in [6.07, 6.45) is 4.70. The number of fused-ring (bicyclic) bond motifs is 1. The second kappa shape index (κ2) is 6.81. The Hall–Kier alpha value is -3.08. The Labute approximate surface area is 146 Å². The van der Waals surface area contributed by atoms with E-state index in [1.54, 1.807) is 10.9 Å². The molecule has 126 valence electrons. The van der Waals surface area contributed by atoms with Crippen LogP contribution in [-0.4, -0.2) is 22.4 Å². The van der Waals surface area contributed by atoms with Crippen LogP contribution in [0.5, 0.6) is 0 Å². The van der Waals surface area contributed by atoms with E-state index in [0.717, 1.165) is 17.7 Å². The van der Waals surface area contributed by atoms with Crippen molar-refractivity contribution in [3.05, 3.63) is 83.7 Å². The average molecular weight is 332 g/mol. The van der Waals surface area contributed by atoms with Crippen molar-refractivity contribution in [2.24, 2.45) is 0 Å². The van der Waals surface area contributed by atoms with Gasteiger partial charge in [-0.1, -0.05) is 36.4 Å². The van der Waals surface area contributed by atoms with E-state index in [0.29, 0.717) is 19.0 Å². The first-order valence-electron chi connectivity index (χ1n) is 8.48. The number of amides is 2. The largest absolute Gasteiger partial charge is 0.338 e. The molecule has 1 atom stereocenters. The van der Waals surface area contributed by atoms with E-state index in [2.05, 4.69) is 40.0 Å². The molecule has 5 heteroatoms. The number of nitrogens with zero attached hydrogens (tertiary/aromatic N) is 2. The minimum absolute atomic E-state index is 0.125. The van der Waals surface area contributed by atoms with E-state index < -0.39 is 0 Å². The van der Waals surface area contributed by atoms with Gasteiger partial charge in [-0.05, 0) is 41.3 Å². The highest BCUT2D eigenvalue weighted by molar-refractivity contribution is 5.74. The van der Waals surface area contributed by atoms with Crippen molar-refractivity contribution >= 4 is 6.03 Å². The maximum absolute atomic E-state index is 12.0. The van der Waals surface area contributed by atoms with Crippen LogP contribution in [-0.2, 0) is 13.0 Å². The Bertz CT molecular complexity index is 856. The maximum atomic E-state index is 12.0. The lowest BCUT2D eigenvalue weighted by atomic mass is 9.78. The number of rotatable bonds is 5. The zero-order valence-corrected chi connectivity index (χ0v) is 13.9. The number of hydrogen-bond donors (Lipinski definition) is 2. The Morgan fingerprint density at radius 3 is 2.68 bits per heavy atom. The first-order valence-corrected chi connectivity index (χ1v) is 8.48. The fourth-order valence-electron chi connectivity index (χ4n) is 3.19. The molecular weight excluding hydrogens is 312 g/mol. The second-order valence-electron chi connectivity index (χ2n) is 6.28. The van der Waals surface area contributed by atoms with Crippen LogP contribution in [0.2, 0.25) is 0 Å². The van der Waals surface area contributed by atoms with Crippen LogP contribution >= 0.6 is 0 Å². The zero-order chi connectivity index (χ0) is 17.1. The quantitative estimate of drug-likeness (QED) is 0.754. The third kappa shape index (κ3) is 3.40. The molecular formula is C20H20N4O. The highest BCUT2D eigenvalue weighted by Gasteiger charge is 2.25. The molecule has 3 aromatic rings. The molecule has 2 amide bonds. The molecule has 0 bridgehead atoms. The number of carbonyl (C=O) groups is 1. The summed E-state index contributed by atoms with van der Waals surface area (Å²) < 4.78 is 1.81. The lowest BCUT2D eigenvalue weighted by Crippen LogP contribution is -2.39. The minimum Gasteiger partial charge on any atom is -0.338 e. The van der Waals surface area contributed by atoms with Gasteiger partial charge >= 0.3 is 6.03 Å². The van der Waals surface area contributed by atoms with Crippen molar-refractivity contribution in [3.63, 3.8) is 0 Å². The third-order valence-corrected chi connectivity index (χ3v) is 4.63. The van der Waals surface area contributed by atoms with Crippen molar-refractivity contribution in [3.8, 4) is 5.69 Å². The highest BCUT2D eigenvalue weighted by atomic mass is 16.2. The highest BCUT2D eigenvalue weighted by Crippen LogP contribution is 2.33. The van der Waals surface area contributed by atoms with Crippen molar-refractivity contribution in [1.29, 1.82) is 0 Å². The molecule has 2 aromatic carbocycles. The number of hydrogen-bond acceptors (Lipinski definition) is 2. The van der Waals surface area contributed by atoms with E-state index in [1.807, 2.05) is 36.5 Å². The first-order chi connectivity index (χ1) is 12.3. The molecule has 0 aliphatic heterocycles. The van der Waals surface area contributed by atoms with Crippen LogP contribution in [0.4, 0.5) is 4.79 Å². The summed E-state index contributed by atoms with van der Waals surface area (Å²) in [5, 5.41) is 10.1. The average Bonchev–Trinajstić information content (AvgIpc) is 3.16. The minimum atomic E-state index is -0.125. The molecule has 1 heterocycles. The third-order valence-electron chi connectivity index (χ3n) is 4.63. The molecule has 5 nitrogen and oxygen atoms in total. The summed E-state index contributed by atoms with van der Waals surface area (Å²) >= 11 is 0. The molecule has 1 aliphatic rings. The molecule has 0 saturated carbocycles. The lowest BCUT2D eigenvalue weighted by molar-refractivity contribution is 0.239. The van der Waals surface area contributed by atoms with Crippen molar-refractivity contribution in [2.45, 2.75) is 18.9 Å². The van der Waals surface area contributed by atoms with E-state index in [1.165, 1.54) is 11.1 Å². The van der Waals surface area contributed by atoms with Gasteiger partial charge in [0.25, 0.3) is 0 Å². The maximum Gasteiger partial charge on any atom is 0.315 e. The second-order valence-corrected chi connectivity index (χ2v) is 6.28. The van der Waals surface area contributed by atoms with Gasteiger partial charge in [0, 0.05) is 31.4 Å². The predicted molar refractivity (Wildman–Crippen MR) is 96.7 cm³/mol. The zero-order valence-electron chi connectivity index (χ0n) is 13.9. The van der Waals surface area contributed by atoms with Gasteiger partial charge in [-0.25, -0.2) is 9.48 Å². The van der Waals surface area contributed by atoms with Crippen LogP contribution in [0.25, 0.3) is 5.69 Å².